The lowest BCUT2D eigenvalue weighted by atomic mass is 10.2. The lowest BCUT2D eigenvalue weighted by Crippen LogP contribution is -2.00. The predicted octanol–water partition coefficient (Wildman–Crippen LogP) is 1.59. The van der Waals surface area contributed by atoms with Gasteiger partial charge in [0.05, 0.1) is 0 Å². The quantitative estimate of drug-likeness (QED) is 0.790. The maximum Gasteiger partial charge on any atom is 0.354 e. The van der Waals surface area contributed by atoms with Gasteiger partial charge in [0.1, 0.15) is 0 Å². The molecule has 84 valence electrons. The molecule has 2 aromatic heterocycles. The number of aromatic carboxylic acids is 1. The Balaban J connectivity index is 0.000000386. The molecule has 0 unspecified atom stereocenters. The van der Waals surface area contributed by atoms with Gasteiger partial charge in [0.15, 0.2) is 11.3 Å². The molecule has 0 atom stereocenters. The Morgan fingerprint density at radius 2 is 2.00 bits per heavy atom. The van der Waals surface area contributed by atoms with Crippen molar-refractivity contribution in [3.05, 3.63) is 36.2 Å². The third-order valence-corrected chi connectivity index (χ3v) is 1.68. The zero-order chi connectivity index (χ0) is 12.0. The number of carbonyl (C=O) groups is 1. The summed E-state index contributed by atoms with van der Waals surface area (Å²) < 4.78 is 4.25. The summed E-state index contributed by atoms with van der Waals surface area (Å²) in [6, 6.07) is 6.77. The second-order valence-electron chi connectivity index (χ2n) is 2.96. The number of pyridine rings is 2. The van der Waals surface area contributed by atoms with Crippen molar-refractivity contribution in [2.75, 3.05) is 14.2 Å². The first-order valence-electron chi connectivity index (χ1n) is 4.54. The highest BCUT2D eigenvalue weighted by molar-refractivity contribution is 5.88. The van der Waals surface area contributed by atoms with Crippen LogP contribution in [0.2, 0.25) is 0 Å². The van der Waals surface area contributed by atoms with Gasteiger partial charge in [-0.25, -0.2) is 14.8 Å². The van der Waals surface area contributed by atoms with Gasteiger partial charge in [-0.15, -0.1) is 0 Å². The molecule has 0 fully saturated rings. The van der Waals surface area contributed by atoms with E-state index >= 15 is 0 Å². The number of fused-ring (bicyclic) bond motifs is 1. The van der Waals surface area contributed by atoms with E-state index in [1.807, 2.05) is 6.07 Å². The van der Waals surface area contributed by atoms with Crippen molar-refractivity contribution in [3.63, 3.8) is 0 Å². The highest BCUT2D eigenvalue weighted by atomic mass is 16.4. The Labute approximate surface area is 92.7 Å². The lowest BCUT2D eigenvalue weighted by molar-refractivity contribution is 0.0691. The van der Waals surface area contributed by atoms with Crippen molar-refractivity contribution in [1.29, 1.82) is 0 Å². The molecule has 2 aromatic rings. The molecule has 0 saturated heterocycles. The molecule has 5 heteroatoms. The van der Waals surface area contributed by atoms with E-state index in [1.165, 1.54) is 6.07 Å². The van der Waals surface area contributed by atoms with Gasteiger partial charge in [0.2, 0.25) is 0 Å². The number of methoxy groups -OCH3 is 1. The summed E-state index contributed by atoms with van der Waals surface area (Å²) in [6.45, 7) is 0. The normalized spacial score (nSPS) is 9.38. The van der Waals surface area contributed by atoms with Crippen LogP contribution in [0.15, 0.2) is 30.5 Å². The highest BCUT2D eigenvalue weighted by Crippen LogP contribution is 2.08. The van der Waals surface area contributed by atoms with E-state index in [9.17, 15) is 4.79 Å². The van der Waals surface area contributed by atoms with Gasteiger partial charge in [-0.05, 0) is 24.3 Å². The number of nitrogens with zero attached hydrogens (tertiary/aromatic N) is 2. The van der Waals surface area contributed by atoms with Crippen molar-refractivity contribution in [2.45, 2.75) is 0 Å². The summed E-state index contributed by atoms with van der Waals surface area (Å²) in [6.07, 6.45) is 1.58. The molecule has 1 N–H and O–H groups in total. The van der Waals surface area contributed by atoms with Crippen LogP contribution in [0, 0.1) is 0 Å². The Morgan fingerprint density at radius 3 is 2.62 bits per heavy atom. The molecular weight excluding hydrogens is 208 g/mol. The van der Waals surface area contributed by atoms with Crippen LogP contribution in [0.25, 0.3) is 11.0 Å². The minimum absolute atomic E-state index is 0.0196. The van der Waals surface area contributed by atoms with E-state index in [1.54, 1.807) is 32.5 Å². The summed E-state index contributed by atoms with van der Waals surface area (Å²) in [4.78, 5) is 18.4. The Kier molecular flexibility index (Phi) is 4.35. The third-order valence-electron chi connectivity index (χ3n) is 1.68. The van der Waals surface area contributed by atoms with Crippen molar-refractivity contribution < 1.29 is 14.6 Å². The zero-order valence-corrected chi connectivity index (χ0v) is 9.04. The number of hydrogen-bond acceptors (Lipinski definition) is 4. The molecule has 0 aliphatic rings. The molecule has 5 nitrogen and oxygen atoms in total. The van der Waals surface area contributed by atoms with Crippen molar-refractivity contribution in [1.82, 2.24) is 9.97 Å². The van der Waals surface area contributed by atoms with E-state index in [-0.39, 0.29) is 5.69 Å². The van der Waals surface area contributed by atoms with Gasteiger partial charge in [-0.3, -0.25) is 0 Å². The van der Waals surface area contributed by atoms with Crippen LogP contribution in [0.1, 0.15) is 10.5 Å². The van der Waals surface area contributed by atoms with Crippen LogP contribution in [0.5, 0.6) is 0 Å². The average Bonchev–Trinajstić information content (AvgIpc) is 2.29. The number of rotatable bonds is 1. The fourth-order valence-electron chi connectivity index (χ4n) is 1.07. The summed E-state index contributed by atoms with van der Waals surface area (Å²) in [5, 5.41) is 9.49. The maximum atomic E-state index is 10.6. The average molecular weight is 220 g/mol. The molecule has 0 bridgehead atoms. The summed E-state index contributed by atoms with van der Waals surface area (Å²) in [5.74, 6) is -1.03. The molecule has 2 heterocycles. The van der Waals surface area contributed by atoms with Crippen LogP contribution in [0.4, 0.5) is 0 Å². The number of carboxylic acids is 1. The summed E-state index contributed by atoms with van der Waals surface area (Å²) >= 11 is 0. The Morgan fingerprint density at radius 1 is 1.31 bits per heavy atom. The molecule has 0 amide bonds. The number of carboxylic acid groups (broad SMARTS) is 1. The molecule has 0 spiro atoms. The number of hydrogen-bond donors (Lipinski definition) is 1. The minimum atomic E-state index is -1.03. The summed E-state index contributed by atoms with van der Waals surface area (Å²) in [5.41, 5.74) is 0.480. The van der Waals surface area contributed by atoms with E-state index in [0.29, 0.717) is 5.65 Å². The van der Waals surface area contributed by atoms with Gasteiger partial charge in [-0.1, -0.05) is 0 Å². The first kappa shape index (κ1) is 12.1. The van der Waals surface area contributed by atoms with E-state index in [0.717, 1.165) is 5.39 Å². The van der Waals surface area contributed by atoms with Crippen LogP contribution in [-0.4, -0.2) is 35.3 Å². The van der Waals surface area contributed by atoms with Gasteiger partial charge in [0, 0.05) is 25.8 Å². The fraction of sp³-hybridized carbons (Fsp3) is 0.182. The van der Waals surface area contributed by atoms with Crippen LogP contribution < -0.4 is 0 Å². The maximum absolute atomic E-state index is 10.6. The molecule has 2 rings (SSSR count). The largest absolute Gasteiger partial charge is 0.477 e. The number of ether oxygens (including phenoxy) is 1. The van der Waals surface area contributed by atoms with Crippen LogP contribution in [0.3, 0.4) is 0 Å². The molecule has 0 aromatic carbocycles. The highest BCUT2D eigenvalue weighted by Gasteiger charge is 2.04. The SMILES string of the molecule is COC.O=C(O)c1ccc2cccnc2n1. The molecular formula is C11H12N2O3. The van der Waals surface area contributed by atoms with E-state index < -0.39 is 5.97 Å². The monoisotopic (exact) mass is 220 g/mol. The van der Waals surface area contributed by atoms with E-state index in [4.69, 9.17) is 5.11 Å². The lowest BCUT2D eigenvalue weighted by Gasteiger charge is -1.96. The second kappa shape index (κ2) is 5.77. The van der Waals surface area contributed by atoms with Crippen LogP contribution >= 0.6 is 0 Å². The fourth-order valence-corrected chi connectivity index (χ4v) is 1.07. The first-order chi connectivity index (χ1) is 7.69. The second-order valence-corrected chi connectivity index (χ2v) is 2.96. The van der Waals surface area contributed by atoms with Crippen molar-refractivity contribution >= 4 is 17.0 Å². The topological polar surface area (TPSA) is 72.3 Å². The van der Waals surface area contributed by atoms with Gasteiger partial charge in [0.25, 0.3) is 0 Å². The molecule has 0 saturated carbocycles. The van der Waals surface area contributed by atoms with Gasteiger partial charge in [-0.2, -0.15) is 0 Å². The first-order valence-corrected chi connectivity index (χ1v) is 4.54. The van der Waals surface area contributed by atoms with E-state index in [2.05, 4.69) is 14.7 Å². The smallest absolute Gasteiger partial charge is 0.354 e. The van der Waals surface area contributed by atoms with Crippen molar-refractivity contribution in [3.8, 4) is 0 Å². The van der Waals surface area contributed by atoms with Gasteiger partial charge < -0.3 is 9.84 Å². The Bertz CT molecular complexity index is 485. The molecule has 0 aliphatic heterocycles. The summed E-state index contributed by atoms with van der Waals surface area (Å²) in [7, 11) is 3.25. The van der Waals surface area contributed by atoms with Gasteiger partial charge >= 0.3 is 5.97 Å². The Hall–Kier alpha value is -2.01. The van der Waals surface area contributed by atoms with Crippen molar-refractivity contribution in [2.24, 2.45) is 0 Å². The minimum Gasteiger partial charge on any atom is -0.477 e. The molecule has 0 radical (unpaired) electrons. The molecule has 0 aliphatic carbocycles. The zero-order valence-electron chi connectivity index (χ0n) is 9.04. The standard InChI is InChI=1S/C9H6N2O2.C2H6O/c12-9(13)7-4-3-6-2-1-5-10-8(6)11-7;1-3-2/h1-5H,(H,12,13);1-2H3. The van der Waals surface area contributed by atoms with Crippen LogP contribution in [-0.2, 0) is 4.74 Å². The third kappa shape index (κ3) is 2.99. The molecule has 16 heavy (non-hydrogen) atoms. The number of aromatic nitrogens is 2. The predicted molar refractivity (Wildman–Crippen MR) is 59.4 cm³/mol.